The first-order valence-corrected chi connectivity index (χ1v) is 5.72. The molecule has 0 spiro atoms. The number of rotatable bonds is 5. The Bertz CT molecular complexity index is 405. The summed E-state index contributed by atoms with van der Waals surface area (Å²) >= 11 is 0. The predicted molar refractivity (Wildman–Crippen MR) is 68.4 cm³/mol. The first-order valence-electron chi connectivity index (χ1n) is 5.72. The van der Waals surface area contributed by atoms with Gasteiger partial charge in [0, 0.05) is 18.8 Å². The summed E-state index contributed by atoms with van der Waals surface area (Å²) in [6.45, 7) is 7.04. The molecule has 5 nitrogen and oxygen atoms in total. The third kappa shape index (κ3) is 3.09. The average molecular weight is 237 g/mol. The lowest BCUT2D eigenvalue weighted by molar-refractivity contribution is 0.0696. The zero-order valence-corrected chi connectivity index (χ0v) is 10.5. The van der Waals surface area contributed by atoms with Crippen molar-refractivity contribution in [1.29, 1.82) is 0 Å². The van der Waals surface area contributed by atoms with Crippen LogP contribution in [0.4, 0.5) is 11.5 Å². The Morgan fingerprint density at radius 1 is 1.59 bits per heavy atom. The molecule has 1 heterocycles. The predicted octanol–water partition coefficient (Wildman–Crippen LogP) is 1.99. The Labute approximate surface area is 101 Å². The van der Waals surface area contributed by atoms with Crippen LogP contribution in [0.3, 0.4) is 0 Å². The average Bonchev–Trinajstić information content (AvgIpc) is 2.26. The molecular weight excluding hydrogens is 218 g/mol. The van der Waals surface area contributed by atoms with Crippen molar-refractivity contribution in [1.82, 2.24) is 4.98 Å². The number of nitrogen functional groups attached to an aromatic ring is 1. The normalized spacial score (nSPS) is 10.6. The number of nitrogens with zero attached hydrogens (tertiary/aromatic N) is 2. The smallest absolute Gasteiger partial charge is 0.337 e. The van der Waals surface area contributed by atoms with Crippen LogP contribution in [-0.2, 0) is 0 Å². The van der Waals surface area contributed by atoms with E-state index in [2.05, 4.69) is 30.7 Å². The van der Waals surface area contributed by atoms with E-state index in [1.54, 1.807) is 0 Å². The van der Waals surface area contributed by atoms with Crippen molar-refractivity contribution in [3.8, 4) is 0 Å². The van der Waals surface area contributed by atoms with Crippen molar-refractivity contribution < 1.29 is 9.90 Å². The number of aromatic carboxylic acids is 1. The van der Waals surface area contributed by atoms with Gasteiger partial charge in [-0.05, 0) is 26.3 Å². The van der Waals surface area contributed by atoms with Crippen LogP contribution in [0.2, 0.25) is 0 Å². The molecule has 0 aliphatic rings. The minimum absolute atomic E-state index is 0.117. The molecule has 0 bridgehead atoms. The summed E-state index contributed by atoms with van der Waals surface area (Å²) in [5.74, 6) is -0.353. The van der Waals surface area contributed by atoms with E-state index in [4.69, 9.17) is 10.8 Å². The summed E-state index contributed by atoms with van der Waals surface area (Å²) in [6, 6.07) is 1.73. The molecule has 0 amide bonds. The van der Waals surface area contributed by atoms with Crippen LogP contribution in [0.5, 0.6) is 0 Å². The Hall–Kier alpha value is -1.78. The number of hydrogen-bond acceptors (Lipinski definition) is 4. The van der Waals surface area contributed by atoms with E-state index in [-0.39, 0.29) is 11.6 Å². The summed E-state index contributed by atoms with van der Waals surface area (Å²) in [4.78, 5) is 17.0. The maximum Gasteiger partial charge on any atom is 0.337 e. The third-order valence-electron chi connectivity index (χ3n) is 2.50. The van der Waals surface area contributed by atoms with Gasteiger partial charge in [-0.2, -0.15) is 0 Å². The van der Waals surface area contributed by atoms with Gasteiger partial charge in [-0.1, -0.05) is 6.92 Å². The molecule has 0 aliphatic carbocycles. The molecular formula is C12H19N3O2. The van der Waals surface area contributed by atoms with Crippen LogP contribution >= 0.6 is 0 Å². The molecule has 0 radical (unpaired) electrons. The fourth-order valence-electron chi connectivity index (χ4n) is 1.68. The zero-order chi connectivity index (χ0) is 13.0. The molecule has 0 fully saturated rings. The molecule has 0 unspecified atom stereocenters. The highest BCUT2D eigenvalue weighted by atomic mass is 16.4. The zero-order valence-electron chi connectivity index (χ0n) is 10.5. The molecule has 0 saturated carbocycles. The van der Waals surface area contributed by atoms with Crippen molar-refractivity contribution in [2.45, 2.75) is 33.2 Å². The molecule has 0 saturated heterocycles. The number of nitrogens with two attached hydrogens (primary N) is 1. The molecule has 1 aromatic heterocycles. The Morgan fingerprint density at radius 3 is 2.65 bits per heavy atom. The molecule has 1 rings (SSSR count). The fourth-order valence-corrected chi connectivity index (χ4v) is 1.68. The lowest BCUT2D eigenvalue weighted by Crippen LogP contribution is -2.33. The van der Waals surface area contributed by atoms with Gasteiger partial charge in [0.05, 0.1) is 11.3 Å². The fraction of sp³-hybridized carbons (Fsp3) is 0.500. The Kier molecular flexibility index (Phi) is 4.31. The van der Waals surface area contributed by atoms with Crippen molar-refractivity contribution in [2.24, 2.45) is 0 Å². The van der Waals surface area contributed by atoms with Crippen molar-refractivity contribution in [3.63, 3.8) is 0 Å². The first-order chi connectivity index (χ1) is 7.97. The van der Waals surface area contributed by atoms with Gasteiger partial charge in [-0.25, -0.2) is 9.78 Å². The molecule has 17 heavy (non-hydrogen) atoms. The molecule has 5 heteroatoms. The quantitative estimate of drug-likeness (QED) is 0.818. The molecule has 1 aromatic rings. The number of hydrogen-bond donors (Lipinski definition) is 2. The van der Waals surface area contributed by atoms with Gasteiger partial charge in [0.1, 0.15) is 0 Å². The summed E-state index contributed by atoms with van der Waals surface area (Å²) in [7, 11) is 0. The van der Waals surface area contributed by atoms with E-state index in [0.717, 1.165) is 13.0 Å². The minimum atomic E-state index is -1.01. The Balaban J connectivity index is 3.08. The van der Waals surface area contributed by atoms with Crippen LogP contribution in [0.25, 0.3) is 0 Å². The van der Waals surface area contributed by atoms with Gasteiger partial charge in [-0.15, -0.1) is 0 Å². The molecule has 0 aromatic carbocycles. The van der Waals surface area contributed by atoms with Crippen LogP contribution in [0, 0.1) is 0 Å². The van der Waals surface area contributed by atoms with Crippen LogP contribution in [-0.4, -0.2) is 28.6 Å². The second-order valence-corrected chi connectivity index (χ2v) is 4.23. The van der Waals surface area contributed by atoms with Crippen molar-refractivity contribution in [3.05, 3.63) is 17.8 Å². The monoisotopic (exact) mass is 237 g/mol. The second kappa shape index (κ2) is 5.52. The molecule has 3 N–H and O–H groups in total. The van der Waals surface area contributed by atoms with E-state index in [1.165, 1.54) is 12.3 Å². The van der Waals surface area contributed by atoms with Crippen LogP contribution in [0.15, 0.2) is 12.3 Å². The summed E-state index contributed by atoms with van der Waals surface area (Å²) < 4.78 is 0. The largest absolute Gasteiger partial charge is 0.478 e. The number of anilines is 2. The molecule has 0 atom stereocenters. The lowest BCUT2D eigenvalue weighted by Gasteiger charge is -2.28. The van der Waals surface area contributed by atoms with E-state index in [9.17, 15) is 4.79 Å². The van der Waals surface area contributed by atoms with Crippen molar-refractivity contribution >= 4 is 17.5 Å². The van der Waals surface area contributed by atoms with E-state index >= 15 is 0 Å². The third-order valence-corrected chi connectivity index (χ3v) is 2.50. The Morgan fingerprint density at radius 2 is 2.24 bits per heavy atom. The summed E-state index contributed by atoms with van der Waals surface area (Å²) in [5.41, 5.74) is 6.39. The van der Waals surface area contributed by atoms with Crippen molar-refractivity contribution in [2.75, 3.05) is 17.2 Å². The maximum atomic E-state index is 10.8. The number of aromatic nitrogens is 1. The van der Waals surface area contributed by atoms with E-state index < -0.39 is 5.97 Å². The molecule has 94 valence electrons. The first kappa shape index (κ1) is 13.3. The van der Waals surface area contributed by atoms with Gasteiger partial charge in [0.25, 0.3) is 0 Å². The number of carboxylic acid groups (broad SMARTS) is 1. The topological polar surface area (TPSA) is 79.5 Å². The van der Waals surface area contributed by atoms with E-state index in [1.807, 2.05) is 0 Å². The van der Waals surface area contributed by atoms with Gasteiger partial charge in [0.2, 0.25) is 0 Å². The minimum Gasteiger partial charge on any atom is -0.478 e. The maximum absolute atomic E-state index is 10.8. The number of carboxylic acids is 1. The highest BCUT2D eigenvalue weighted by Gasteiger charge is 2.15. The highest BCUT2D eigenvalue weighted by Crippen LogP contribution is 2.23. The number of pyridine rings is 1. The number of carbonyl (C=O) groups is 1. The van der Waals surface area contributed by atoms with E-state index in [0.29, 0.717) is 11.5 Å². The van der Waals surface area contributed by atoms with Gasteiger partial charge in [-0.3, -0.25) is 0 Å². The molecule has 0 aliphatic heterocycles. The van der Waals surface area contributed by atoms with Crippen LogP contribution < -0.4 is 10.6 Å². The lowest BCUT2D eigenvalue weighted by atomic mass is 10.2. The summed E-state index contributed by atoms with van der Waals surface area (Å²) in [5, 5.41) is 8.84. The van der Waals surface area contributed by atoms with Crippen LogP contribution in [0.1, 0.15) is 37.6 Å². The highest BCUT2D eigenvalue weighted by molar-refractivity contribution is 5.89. The second-order valence-electron chi connectivity index (χ2n) is 4.23. The van der Waals surface area contributed by atoms with Gasteiger partial charge < -0.3 is 15.7 Å². The standard InChI is InChI=1S/C12H19N3O2/c1-4-5-15(8(2)3)11-10(13)6-9(7-14-11)12(16)17/h6-8H,4-5,13H2,1-3H3,(H,16,17). The summed E-state index contributed by atoms with van der Waals surface area (Å²) in [6.07, 6.45) is 2.33. The van der Waals surface area contributed by atoms with Gasteiger partial charge >= 0.3 is 5.97 Å². The van der Waals surface area contributed by atoms with Gasteiger partial charge in [0.15, 0.2) is 5.82 Å². The SMILES string of the molecule is CCCN(c1ncc(C(=O)O)cc1N)C(C)C.